The Morgan fingerprint density at radius 3 is 2.58 bits per heavy atom. The fourth-order valence-electron chi connectivity index (χ4n) is 4.59. The quantitative estimate of drug-likeness (QED) is 0.874. The summed E-state index contributed by atoms with van der Waals surface area (Å²) in [7, 11) is 1.64. The van der Waals surface area contributed by atoms with Crippen LogP contribution < -0.4 is 10.1 Å². The third-order valence-corrected chi connectivity index (χ3v) is 5.68. The van der Waals surface area contributed by atoms with Crippen LogP contribution in [0, 0.1) is 5.41 Å². The van der Waals surface area contributed by atoms with Gasteiger partial charge in [-0.25, -0.2) is 0 Å². The van der Waals surface area contributed by atoms with Crippen molar-refractivity contribution in [2.45, 2.75) is 51.9 Å². The van der Waals surface area contributed by atoms with E-state index >= 15 is 0 Å². The number of ketones is 2. The van der Waals surface area contributed by atoms with Gasteiger partial charge in [0.05, 0.1) is 7.11 Å². The molecular formula is C22H25NO3. The molecule has 0 bridgehead atoms. The first-order valence-corrected chi connectivity index (χ1v) is 9.33. The lowest BCUT2D eigenvalue weighted by atomic mass is 9.67. The summed E-state index contributed by atoms with van der Waals surface area (Å²) in [5.41, 5.74) is 4.50. The highest BCUT2D eigenvalue weighted by atomic mass is 16.5. The Labute approximate surface area is 154 Å². The van der Waals surface area contributed by atoms with Crippen molar-refractivity contribution in [3.05, 3.63) is 52.4 Å². The minimum Gasteiger partial charge on any atom is -0.497 e. The normalized spacial score (nSPS) is 24.8. The second-order valence-electron chi connectivity index (χ2n) is 8.34. The molecule has 0 fully saturated rings. The standard InChI is InChI=1S/C22H25NO3/c1-22(2)11-16-21(18(25)12-22)19(13-6-4-7-14(10-13)26-3)20-15(23-16)8-5-9-17(20)24/h4,6-7,10,19,23H,5,8-9,11-12H2,1-3H3. The fraction of sp³-hybridized carbons (Fsp3) is 0.455. The van der Waals surface area contributed by atoms with Crippen molar-refractivity contribution >= 4 is 11.6 Å². The lowest BCUT2D eigenvalue weighted by molar-refractivity contribution is -0.118. The van der Waals surface area contributed by atoms with Crippen LogP contribution in [0.3, 0.4) is 0 Å². The van der Waals surface area contributed by atoms with Crippen molar-refractivity contribution in [1.29, 1.82) is 0 Å². The molecule has 0 saturated carbocycles. The third kappa shape index (κ3) is 2.77. The molecule has 1 aromatic rings. The molecule has 136 valence electrons. The summed E-state index contributed by atoms with van der Waals surface area (Å²) >= 11 is 0. The molecule has 0 saturated heterocycles. The number of benzene rings is 1. The summed E-state index contributed by atoms with van der Waals surface area (Å²) in [6.07, 6.45) is 3.65. The van der Waals surface area contributed by atoms with Crippen molar-refractivity contribution < 1.29 is 14.3 Å². The van der Waals surface area contributed by atoms with Crippen LogP contribution >= 0.6 is 0 Å². The second-order valence-corrected chi connectivity index (χ2v) is 8.34. The van der Waals surface area contributed by atoms with Gasteiger partial charge in [0.15, 0.2) is 11.6 Å². The molecule has 0 spiro atoms. The van der Waals surface area contributed by atoms with E-state index < -0.39 is 0 Å². The molecule has 1 unspecified atom stereocenters. The van der Waals surface area contributed by atoms with Gasteiger partial charge < -0.3 is 10.1 Å². The zero-order valence-electron chi connectivity index (χ0n) is 15.6. The van der Waals surface area contributed by atoms with Gasteiger partial charge in [0, 0.05) is 41.3 Å². The number of carbonyl (C=O) groups excluding carboxylic acids is 2. The number of dihydropyridines is 1. The summed E-state index contributed by atoms with van der Waals surface area (Å²) < 4.78 is 5.39. The molecule has 0 aromatic heterocycles. The van der Waals surface area contributed by atoms with Gasteiger partial charge in [0.2, 0.25) is 0 Å². The van der Waals surface area contributed by atoms with Crippen LogP contribution in [0.5, 0.6) is 5.75 Å². The Morgan fingerprint density at radius 2 is 1.81 bits per heavy atom. The molecule has 1 N–H and O–H groups in total. The lowest BCUT2D eigenvalue weighted by Crippen LogP contribution is -2.39. The first-order chi connectivity index (χ1) is 12.4. The molecule has 4 heteroatoms. The Kier molecular flexibility index (Phi) is 4.02. The number of hydrogen-bond acceptors (Lipinski definition) is 4. The van der Waals surface area contributed by atoms with Gasteiger partial charge in [-0.1, -0.05) is 26.0 Å². The van der Waals surface area contributed by atoms with E-state index in [1.54, 1.807) is 7.11 Å². The van der Waals surface area contributed by atoms with Gasteiger partial charge in [-0.15, -0.1) is 0 Å². The van der Waals surface area contributed by atoms with Gasteiger partial charge in [0.25, 0.3) is 0 Å². The minimum atomic E-state index is -0.271. The first kappa shape index (κ1) is 17.1. The minimum absolute atomic E-state index is 0.0570. The van der Waals surface area contributed by atoms with Crippen LogP contribution in [0.2, 0.25) is 0 Å². The van der Waals surface area contributed by atoms with Crippen molar-refractivity contribution in [3.63, 3.8) is 0 Å². The maximum absolute atomic E-state index is 13.1. The third-order valence-electron chi connectivity index (χ3n) is 5.68. The van der Waals surface area contributed by atoms with Crippen molar-refractivity contribution in [2.75, 3.05) is 7.11 Å². The highest BCUT2D eigenvalue weighted by molar-refractivity contribution is 6.06. The van der Waals surface area contributed by atoms with Crippen molar-refractivity contribution in [2.24, 2.45) is 5.41 Å². The van der Waals surface area contributed by atoms with Gasteiger partial charge in [-0.2, -0.15) is 0 Å². The molecule has 3 aliphatic rings. The van der Waals surface area contributed by atoms with Crippen LogP contribution in [0.1, 0.15) is 57.4 Å². The smallest absolute Gasteiger partial charge is 0.162 e. The summed E-state index contributed by atoms with van der Waals surface area (Å²) in [6, 6.07) is 7.79. The number of hydrogen-bond donors (Lipinski definition) is 1. The molecule has 1 aromatic carbocycles. The van der Waals surface area contributed by atoms with E-state index in [1.807, 2.05) is 24.3 Å². The van der Waals surface area contributed by atoms with E-state index in [9.17, 15) is 9.59 Å². The maximum atomic E-state index is 13.1. The molecule has 1 heterocycles. The number of ether oxygens (including phenoxy) is 1. The fourth-order valence-corrected chi connectivity index (χ4v) is 4.59. The predicted octanol–water partition coefficient (Wildman–Crippen LogP) is 4.03. The second kappa shape index (κ2) is 6.11. The van der Waals surface area contributed by atoms with Gasteiger partial charge in [-0.3, -0.25) is 9.59 Å². The molecule has 2 aliphatic carbocycles. The van der Waals surface area contributed by atoms with Crippen molar-refractivity contribution in [1.82, 2.24) is 5.32 Å². The summed E-state index contributed by atoms with van der Waals surface area (Å²) in [4.78, 5) is 25.9. The van der Waals surface area contributed by atoms with Gasteiger partial charge >= 0.3 is 0 Å². The predicted molar refractivity (Wildman–Crippen MR) is 99.8 cm³/mol. The summed E-state index contributed by atoms with van der Waals surface area (Å²) in [6.45, 7) is 4.26. The van der Waals surface area contributed by atoms with Gasteiger partial charge in [0.1, 0.15) is 5.75 Å². The number of methoxy groups -OCH3 is 1. The number of Topliss-reactive ketones (excluding diaryl/α,β-unsaturated/α-hetero) is 2. The highest BCUT2D eigenvalue weighted by Gasteiger charge is 2.43. The van der Waals surface area contributed by atoms with E-state index in [0.717, 1.165) is 53.1 Å². The molecule has 1 atom stereocenters. The molecular weight excluding hydrogens is 326 g/mol. The Hall–Kier alpha value is -2.36. The Balaban J connectivity index is 1.90. The van der Waals surface area contributed by atoms with E-state index in [1.165, 1.54) is 0 Å². The van der Waals surface area contributed by atoms with E-state index in [4.69, 9.17) is 4.74 Å². The van der Waals surface area contributed by atoms with Crippen molar-refractivity contribution in [3.8, 4) is 5.75 Å². The SMILES string of the molecule is COc1cccc(C2C3=C(CCCC3=O)NC3=C2C(=O)CC(C)(C)C3)c1. The van der Waals surface area contributed by atoms with Crippen LogP contribution in [-0.2, 0) is 9.59 Å². The average molecular weight is 351 g/mol. The molecule has 0 radical (unpaired) electrons. The number of carbonyl (C=O) groups is 2. The van der Waals surface area contributed by atoms with Crippen LogP contribution in [0.25, 0.3) is 0 Å². The number of allylic oxidation sites excluding steroid dienone is 4. The lowest BCUT2D eigenvalue weighted by Gasteiger charge is -2.41. The van der Waals surface area contributed by atoms with Crippen LogP contribution in [0.4, 0.5) is 0 Å². The van der Waals surface area contributed by atoms with E-state index in [-0.39, 0.29) is 22.9 Å². The topological polar surface area (TPSA) is 55.4 Å². The van der Waals surface area contributed by atoms with E-state index in [0.29, 0.717) is 12.8 Å². The Bertz CT molecular complexity index is 860. The molecule has 4 nitrogen and oxygen atoms in total. The number of rotatable bonds is 2. The zero-order chi connectivity index (χ0) is 18.5. The van der Waals surface area contributed by atoms with Crippen LogP contribution in [-0.4, -0.2) is 18.7 Å². The summed E-state index contributed by atoms with van der Waals surface area (Å²) in [5.74, 6) is 0.794. The van der Waals surface area contributed by atoms with Gasteiger partial charge in [-0.05, 0) is 42.4 Å². The monoisotopic (exact) mass is 351 g/mol. The largest absolute Gasteiger partial charge is 0.497 e. The van der Waals surface area contributed by atoms with Crippen LogP contribution in [0.15, 0.2) is 46.8 Å². The van der Waals surface area contributed by atoms with E-state index in [2.05, 4.69) is 19.2 Å². The summed E-state index contributed by atoms with van der Waals surface area (Å²) in [5, 5.41) is 3.49. The zero-order valence-corrected chi connectivity index (χ0v) is 15.6. The molecule has 26 heavy (non-hydrogen) atoms. The maximum Gasteiger partial charge on any atom is 0.162 e. The number of nitrogens with one attached hydrogen (secondary N) is 1. The molecule has 1 aliphatic heterocycles. The molecule has 4 rings (SSSR count). The Morgan fingerprint density at radius 1 is 1.04 bits per heavy atom. The first-order valence-electron chi connectivity index (χ1n) is 9.33. The highest BCUT2D eigenvalue weighted by Crippen LogP contribution is 2.48. The average Bonchev–Trinajstić information content (AvgIpc) is 2.59. The molecule has 0 amide bonds.